The maximum absolute atomic E-state index is 12.5. The molecule has 1 aliphatic rings. The van der Waals surface area contributed by atoms with Crippen LogP contribution in [0.15, 0.2) is 41.3 Å². The van der Waals surface area contributed by atoms with E-state index in [1.807, 2.05) is 35.2 Å². The SMILES string of the molecule is CCS(=O)(=O)N1CCN(c2cnn(Cc3ccccc3)c(=O)c2Cl)CC1. The van der Waals surface area contributed by atoms with E-state index in [1.165, 1.54) is 8.99 Å². The maximum atomic E-state index is 12.5. The molecule has 1 aliphatic heterocycles. The van der Waals surface area contributed by atoms with Crippen LogP contribution in [0, 0.1) is 0 Å². The molecule has 0 atom stereocenters. The summed E-state index contributed by atoms with van der Waals surface area (Å²) in [6.45, 7) is 3.68. The fraction of sp³-hybridized carbons (Fsp3) is 0.412. The summed E-state index contributed by atoms with van der Waals surface area (Å²) in [6, 6.07) is 9.56. The average Bonchev–Trinajstić information content (AvgIpc) is 2.67. The van der Waals surface area contributed by atoms with Crippen LogP contribution in [0.1, 0.15) is 12.5 Å². The summed E-state index contributed by atoms with van der Waals surface area (Å²) in [7, 11) is -3.19. The van der Waals surface area contributed by atoms with Crippen LogP contribution in [-0.4, -0.2) is 54.4 Å². The standard InChI is InChI=1S/C17H21ClN4O3S/c1-2-26(24,25)21-10-8-20(9-11-21)15-12-19-22(17(23)16(15)18)13-14-6-4-3-5-7-14/h3-7,12H,2,8-11,13H2,1H3. The van der Waals surface area contributed by atoms with Gasteiger partial charge in [0.15, 0.2) is 0 Å². The fourth-order valence-corrected chi connectivity index (χ4v) is 4.29. The molecule has 1 saturated heterocycles. The highest BCUT2D eigenvalue weighted by molar-refractivity contribution is 7.89. The van der Waals surface area contributed by atoms with E-state index < -0.39 is 10.0 Å². The van der Waals surface area contributed by atoms with Crippen molar-refractivity contribution >= 4 is 27.3 Å². The highest BCUT2D eigenvalue weighted by atomic mass is 35.5. The Morgan fingerprint density at radius 1 is 1.12 bits per heavy atom. The molecule has 1 fully saturated rings. The van der Waals surface area contributed by atoms with Gasteiger partial charge in [0.25, 0.3) is 5.56 Å². The van der Waals surface area contributed by atoms with Gasteiger partial charge in [0, 0.05) is 26.2 Å². The number of halogens is 1. The van der Waals surface area contributed by atoms with Crippen LogP contribution in [0.25, 0.3) is 0 Å². The minimum atomic E-state index is -3.19. The van der Waals surface area contributed by atoms with Crippen LogP contribution in [0.3, 0.4) is 0 Å². The molecule has 1 aromatic heterocycles. The van der Waals surface area contributed by atoms with E-state index in [0.29, 0.717) is 38.4 Å². The predicted octanol–water partition coefficient (Wildman–Crippen LogP) is 1.42. The summed E-state index contributed by atoms with van der Waals surface area (Å²) in [6.07, 6.45) is 1.58. The molecule has 0 bridgehead atoms. The van der Waals surface area contributed by atoms with Crippen molar-refractivity contribution in [1.29, 1.82) is 0 Å². The summed E-state index contributed by atoms with van der Waals surface area (Å²) in [4.78, 5) is 14.5. The van der Waals surface area contributed by atoms with Crippen molar-refractivity contribution in [2.24, 2.45) is 0 Å². The van der Waals surface area contributed by atoms with E-state index in [-0.39, 0.29) is 16.3 Å². The Labute approximate surface area is 157 Å². The third-order valence-corrected chi connectivity index (χ3v) is 6.72. The molecule has 9 heteroatoms. The van der Waals surface area contributed by atoms with Gasteiger partial charge in [-0.1, -0.05) is 41.9 Å². The van der Waals surface area contributed by atoms with Gasteiger partial charge in [-0.3, -0.25) is 4.79 Å². The van der Waals surface area contributed by atoms with Gasteiger partial charge in [0.1, 0.15) is 5.02 Å². The molecule has 2 aromatic rings. The number of sulfonamides is 1. The van der Waals surface area contributed by atoms with Crippen molar-refractivity contribution in [1.82, 2.24) is 14.1 Å². The first kappa shape index (κ1) is 18.9. The van der Waals surface area contributed by atoms with Crippen molar-refractivity contribution in [2.75, 3.05) is 36.8 Å². The minimum Gasteiger partial charge on any atom is -0.366 e. The molecular weight excluding hydrogens is 376 g/mol. The summed E-state index contributed by atoms with van der Waals surface area (Å²) < 4.78 is 26.7. The van der Waals surface area contributed by atoms with Crippen LogP contribution in [0.5, 0.6) is 0 Å². The van der Waals surface area contributed by atoms with Gasteiger partial charge < -0.3 is 4.90 Å². The first-order valence-electron chi connectivity index (χ1n) is 8.44. The lowest BCUT2D eigenvalue weighted by molar-refractivity contribution is 0.385. The second-order valence-electron chi connectivity index (χ2n) is 6.08. The van der Waals surface area contributed by atoms with Gasteiger partial charge in [0.2, 0.25) is 10.0 Å². The van der Waals surface area contributed by atoms with E-state index in [4.69, 9.17) is 11.6 Å². The zero-order valence-electron chi connectivity index (χ0n) is 14.5. The lowest BCUT2D eigenvalue weighted by atomic mass is 10.2. The molecule has 2 heterocycles. The van der Waals surface area contributed by atoms with Crippen LogP contribution in [-0.2, 0) is 16.6 Å². The molecule has 0 amide bonds. The second-order valence-corrected chi connectivity index (χ2v) is 8.71. The van der Waals surface area contributed by atoms with Crippen molar-refractivity contribution in [3.63, 3.8) is 0 Å². The molecule has 0 spiro atoms. The number of aromatic nitrogens is 2. The zero-order valence-corrected chi connectivity index (χ0v) is 16.1. The highest BCUT2D eigenvalue weighted by Gasteiger charge is 2.27. The minimum absolute atomic E-state index is 0.0881. The molecule has 1 aromatic carbocycles. The molecule has 26 heavy (non-hydrogen) atoms. The van der Waals surface area contributed by atoms with Crippen molar-refractivity contribution in [3.05, 3.63) is 57.5 Å². The van der Waals surface area contributed by atoms with Gasteiger partial charge in [0.05, 0.1) is 24.2 Å². The highest BCUT2D eigenvalue weighted by Crippen LogP contribution is 2.23. The van der Waals surface area contributed by atoms with E-state index in [0.717, 1.165) is 5.56 Å². The van der Waals surface area contributed by atoms with E-state index in [2.05, 4.69) is 5.10 Å². The van der Waals surface area contributed by atoms with Crippen molar-refractivity contribution in [3.8, 4) is 0 Å². The fourth-order valence-electron chi connectivity index (χ4n) is 2.94. The smallest absolute Gasteiger partial charge is 0.287 e. The Kier molecular flexibility index (Phi) is 5.64. The molecular formula is C17H21ClN4O3S. The Bertz CT molecular complexity index is 923. The Hall–Kier alpha value is -1.90. The molecule has 0 N–H and O–H groups in total. The topological polar surface area (TPSA) is 75.5 Å². The maximum Gasteiger partial charge on any atom is 0.287 e. The predicted molar refractivity (Wildman–Crippen MR) is 102 cm³/mol. The number of benzene rings is 1. The van der Waals surface area contributed by atoms with Gasteiger partial charge in [-0.05, 0) is 12.5 Å². The van der Waals surface area contributed by atoms with Gasteiger partial charge in [-0.2, -0.15) is 9.40 Å². The van der Waals surface area contributed by atoms with E-state index in [9.17, 15) is 13.2 Å². The van der Waals surface area contributed by atoms with Crippen LogP contribution >= 0.6 is 11.6 Å². The first-order valence-corrected chi connectivity index (χ1v) is 10.4. The normalized spacial score (nSPS) is 16.0. The largest absolute Gasteiger partial charge is 0.366 e. The Morgan fingerprint density at radius 3 is 2.38 bits per heavy atom. The van der Waals surface area contributed by atoms with Crippen LogP contribution in [0.2, 0.25) is 5.02 Å². The average molecular weight is 397 g/mol. The molecule has 0 aliphatic carbocycles. The van der Waals surface area contributed by atoms with Crippen LogP contribution < -0.4 is 10.5 Å². The number of hydrogen-bond acceptors (Lipinski definition) is 5. The first-order chi connectivity index (χ1) is 12.4. The van der Waals surface area contributed by atoms with Gasteiger partial charge >= 0.3 is 0 Å². The van der Waals surface area contributed by atoms with Crippen LogP contribution in [0.4, 0.5) is 5.69 Å². The summed E-state index contributed by atoms with van der Waals surface area (Å²) in [5.41, 5.74) is 1.16. The summed E-state index contributed by atoms with van der Waals surface area (Å²) in [5, 5.41) is 4.35. The number of nitrogens with zero attached hydrogens (tertiary/aromatic N) is 4. The monoisotopic (exact) mass is 396 g/mol. The summed E-state index contributed by atoms with van der Waals surface area (Å²) >= 11 is 6.30. The molecule has 7 nitrogen and oxygen atoms in total. The third-order valence-electron chi connectivity index (χ3n) is 4.48. The zero-order chi connectivity index (χ0) is 18.7. The lowest BCUT2D eigenvalue weighted by Crippen LogP contribution is -2.49. The third kappa shape index (κ3) is 3.92. The number of hydrogen-bond donors (Lipinski definition) is 0. The van der Waals surface area contributed by atoms with Gasteiger partial charge in [-0.15, -0.1) is 0 Å². The number of anilines is 1. The molecule has 140 valence electrons. The molecule has 0 radical (unpaired) electrons. The number of piperazine rings is 1. The van der Waals surface area contributed by atoms with Crippen molar-refractivity contribution in [2.45, 2.75) is 13.5 Å². The van der Waals surface area contributed by atoms with E-state index in [1.54, 1.807) is 13.1 Å². The Morgan fingerprint density at radius 2 is 1.77 bits per heavy atom. The molecule has 0 unspecified atom stereocenters. The second kappa shape index (κ2) is 7.77. The Balaban J connectivity index is 1.76. The molecule has 0 saturated carbocycles. The van der Waals surface area contributed by atoms with Gasteiger partial charge in [-0.25, -0.2) is 13.1 Å². The lowest BCUT2D eigenvalue weighted by Gasteiger charge is -2.35. The quantitative estimate of drug-likeness (QED) is 0.764. The van der Waals surface area contributed by atoms with Crippen molar-refractivity contribution < 1.29 is 8.42 Å². The van der Waals surface area contributed by atoms with E-state index >= 15 is 0 Å². The molecule has 3 rings (SSSR count). The summed E-state index contributed by atoms with van der Waals surface area (Å²) in [5.74, 6) is 0.0881. The number of rotatable bonds is 5.